The lowest BCUT2D eigenvalue weighted by Crippen LogP contribution is -2.43. The molecule has 0 heterocycles. The van der Waals surface area contributed by atoms with Gasteiger partial charge >= 0.3 is 12.1 Å². The Morgan fingerprint density at radius 2 is 1.58 bits per heavy atom. The van der Waals surface area contributed by atoms with Crippen LogP contribution in [0.5, 0.6) is 0 Å². The third-order valence-corrected chi connectivity index (χ3v) is 4.62. The van der Waals surface area contributed by atoms with Gasteiger partial charge in [0.25, 0.3) is 0 Å². The molecule has 1 amide bonds. The van der Waals surface area contributed by atoms with Crippen LogP contribution in [0.1, 0.15) is 78.6 Å². The molecule has 0 radical (unpaired) electrons. The van der Waals surface area contributed by atoms with Gasteiger partial charge in [-0.2, -0.15) is 11.8 Å². The van der Waals surface area contributed by atoms with E-state index in [0.717, 1.165) is 18.6 Å². The fourth-order valence-electron chi connectivity index (χ4n) is 2.42. The van der Waals surface area contributed by atoms with Gasteiger partial charge in [-0.15, -0.1) is 0 Å². The molecule has 26 heavy (non-hydrogen) atoms. The first-order chi connectivity index (χ1) is 12.5. The number of carbonyl (C=O) groups excluding carboxylic acids is 2. The molecular weight excluding hydrogens is 350 g/mol. The fourth-order valence-corrected chi connectivity index (χ4v) is 2.89. The number of alkyl carbamates (subject to hydrolysis) is 1. The van der Waals surface area contributed by atoms with Crippen molar-refractivity contribution in [2.45, 2.75) is 84.6 Å². The minimum absolute atomic E-state index is 0.263. The highest BCUT2D eigenvalue weighted by Gasteiger charge is 2.22. The van der Waals surface area contributed by atoms with Gasteiger partial charge in [-0.3, -0.25) is 0 Å². The molecule has 0 saturated carbocycles. The predicted octanol–water partition coefficient (Wildman–Crippen LogP) is 5.17. The normalized spacial score (nSPS) is 12.0. The number of thioether (sulfide) groups is 1. The van der Waals surface area contributed by atoms with Crippen LogP contribution in [0.2, 0.25) is 0 Å². The van der Waals surface area contributed by atoms with Crippen molar-refractivity contribution in [2.75, 3.05) is 25.2 Å². The zero-order valence-electron chi connectivity index (χ0n) is 17.2. The number of esters is 1. The molecule has 0 spiro atoms. The molecule has 0 aliphatic rings. The van der Waals surface area contributed by atoms with Gasteiger partial charge in [0, 0.05) is 0 Å². The maximum Gasteiger partial charge on any atom is 0.407 e. The van der Waals surface area contributed by atoms with Gasteiger partial charge in [-0.1, -0.05) is 65.7 Å². The highest BCUT2D eigenvalue weighted by atomic mass is 32.2. The molecule has 1 atom stereocenters. The van der Waals surface area contributed by atoms with E-state index in [4.69, 9.17) is 9.47 Å². The molecule has 6 heteroatoms. The van der Waals surface area contributed by atoms with Gasteiger partial charge in [0.15, 0.2) is 0 Å². The summed E-state index contributed by atoms with van der Waals surface area (Å²) in [5, 5.41) is 2.64. The molecule has 0 aliphatic carbocycles. The van der Waals surface area contributed by atoms with Gasteiger partial charge in [-0.05, 0) is 30.8 Å². The van der Waals surface area contributed by atoms with E-state index in [0.29, 0.717) is 19.6 Å². The van der Waals surface area contributed by atoms with Gasteiger partial charge in [0.2, 0.25) is 0 Å². The van der Waals surface area contributed by atoms with E-state index in [-0.39, 0.29) is 11.9 Å². The quantitative estimate of drug-likeness (QED) is 0.291. The first-order valence-electron chi connectivity index (χ1n) is 10.1. The van der Waals surface area contributed by atoms with Crippen LogP contribution in [0.3, 0.4) is 0 Å². The first kappa shape index (κ1) is 25.1. The molecule has 0 saturated heterocycles. The number of hydrogen-bond acceptors (Lipinski definition) is 5. The standard InChI is InChI=1S/C20H39NO4S/c1-5-6-7-8-9-10-11-12-14-24-19(22)18(13-15-26-4)21-20(23)25-16-17(2)3/h17-18H,5-16H2,1-4H3,(H,21,23). The number of carbonyl (C=O) groups is 2. The molecule has 0 aromatic heterocycles. The van der Waals surface area contributed by atoms with Crippen LogP contribution in [0, 0.1) is 5.92 Å². The van der Waals surface area contributed by atoms with Gasteiger partial charge in [0.05, 0.1) is 13.2 Å². The van der Waals surface area contributed by atoms with Gasteiger partial charge in [0.1, 0.15) is 6.04 Å². The summed E-state index contributed by atoms with van der Waals surface area (Å²) in [7, 11) is 0. The molecule has 1 N–H and O–H groups in total. The highest BCUT2D eigenvalue weighted by Crippen LogP contribution is 2.09. The van der Waals surface area contributed by atoms with Crippen molar-refractivity contribution < 1.29 is 19.1 Å². The molecular formula is C20H39NO4S. The van der Waals surface area contributed by atoms with Crippen molar-refractivity contribution in [2.24, 2.45) is 5.92 Å². The summed E-state index contributed by atoms with van der Waals surface area (Å²) in [6.07, 6.45) is 11.6. The first-order valence-corrected chi connectivity index (χ1v) is 11.5. The summed E-state index contributed by atoms with van der Waals surface area (Å²) < 4.78 is 10.5. The van der Waals surface area contributed by atoms with Crippen molar-refractivity contribution in [3.63, 3.8) is 0 Å². The molecule has 5 nitrogen and oxygen atoms in total. The Labute approximate surface area is 164 Å². The summed E-state index contributed by atoms with van der Waals surface area (Å²) in [6.45, 7) is 6.92. The Balaban J connectivity index is 3.97. The smallest absolute Gasteiger partial charge is 0.407 e. The lowest BCUT2D eigenvalue weighted by Gasteiger charge is -2.17. The second-order valence-corrected chi connectivity index (χ2v) is 8.10. The van der Waals surface area contributed by atoms with Crippen LogP contribution in [0.4, 0.5) is 4.79 Å². The third-order valence-electron chi connectivity index (χ3n) is 3.98. The Hall–Kier alpha value is -0.910. The van der Waals surface area contributed by atoms with Gasteiger partial charge < -0.3 is 14.8 Å². The molecule has 0 fully saturated rings. The summed E-state index contributed by atoms with van der Waals surface area (Å²) in [6, 6.07) is -0.629. The molecule has 0 aromatic carbocycles. The number of rotatable bonds is 16. The average molecular weight is 390 g/mol. The van der Waals surface area contributed by atoms with Crippen LogP contribution >= 0.6 is 11.8 Å². The molecule has 1 unspecified atom stereocenters. The monoisotopic (exact) mass is 389 g/mol. The van der Waals surface area contributed by atoms with Crippen LogP contribution < -0.4 is 5.32 Å². The number of amides is 1. The van der Waals surface area contributed by atoms with E-state index < -0.39 is 12.1 Å². The van der Waals surface area contributed by atoms with E-state index in [1.165, 1.54) is 38.5 Å². The van der Waals surface area contributed by atoms with E-state index in [1.54, 1.807) is 11.8 Å². The van der Waals surface area contributed by atoms with Crippen LogP contribution in [0.15, 0.2) is 0 Å². The number of hydrogen-bond donors (Lipinski definition) is 1. The van der Waals surface area contributed by atoms with E-state index >= 15 is 0 Å². The predicted molar refractivity (Wildman–Crippen MR) is 110 cm³/mol. The summed E-state index contributed by atoms with van der Waals surface area (Å²) in [5.41, 5.74) is 0. The third kappa shape index (κ3) is 15.4. The summed E-state index contributed by atoms with van der Waals surface area (Å²) in [4.78, 5) is 24.0. The van der Waals surface area contributed by atoms with Crippen LogP contribution in [-0.4, -0.2) is 43.3 Å². The SMILES string of the molecule is CCCCCCCCCCOC(=O)C(CCSC)NC(=O)OCC(C)C. The molecule has 0 bridgehead atoms. The Morgan fingerprint density at radius 1 is 0.962 bits per heavy atom. The zero-order valence-corrected chi connectivity index (χ0v) is 18.0. The van der Waals surface area contributed by atoms with Crippen molar-refractivity contribution in [1.82, 2.24) is 5.32 Å². The maximum atomic E-state index is 12.2. The Kier molecular flexibility index (Phi) is 16.9. The van der Waals surface area contributed by atoms with E-state index in [1.807, 2.05) is 20.1 Å². The minimum Gasteiger partial charge on any atom is -0.464 e. The Morgan fingerprint density at radius 3 is 2.15 bits per heavy atom. The minimum atomic E-state index is -0.629. The van der Waals surface area contributed by atoms with Crippen molar-refractivity contribution in [3.05, 3.63) is 0 Å². The topological polar surface area (TPSA) is 64.6 Å². The van der Waals surface area contributed by atoms with Crippen molar-refractivity contribution in [1.29, 1.82) is 0 Å². The maximum absolute atomic E-state index is 12.2. The van der Waals surface area contributed by atoms with Crippen molar-refractivity contribution in [3.8, 4) is 0 Å². The average Bonchev–Trinajstić information content (AvgIpc) is 2.61. The summed E-state index contributed by atoms with van der Waals surface area (Å²) in [5.74, 6) is 0.685. The van der Waals surface area contributed by atoms with E-state index in [9.17, 15) is 9.59 Å². The van der Waals surface area contributed by atoms with Crippen molar-refractivity contribution >= 4 is 23.8 Å². The fraction of sp³-hybridized carbons (Fsp3) is 0.900. The molecule has 0 rings (SSSR count). The second kappa shape index (κ2) is 17.5. The van der Waals surface area contributed by atoms with Gasteiger partial charge in [-0.25, -0.2) is 9.59 Å². The largest absolute Gasteiger partial charge is 0.464 e. The molecule has 0 aliphatic heterocycles. The van der Waals surface area contributed by atoms with Crippen LogP contribution in [-0.2, 0) is 14.3 Å². The Bertz CT molecular complexity index is 364. The zero-order chi connectivity index (χ0) is 19.6. The number of ether oxygens (including phenoxy) is 2. The van der Waals surface area contributed by atoms with Crippen LogP contribution in [0.25, 0.3) is 0 Å². The lowest BCUT2D eigenvalue weighted by molar-refractivity contribution is -0.146. The number of unbranched alkanes of at least 4 members (excludes halogenated alkanes) is 7. The molecule has 0 aromatic rings. The highest BCUT2D eigenvalue weighted by molar-refractivity contribution is 7.98. The van der Waals surface area contributed by atoms with E-state index in [2.05, 4.69) is 12.2 Å². The lowest BCUT2D eigenvalue weighted by atomic mass is 10.1. The summed E-state index contributed by atoms with van der Waals surface area (Å²) >= 11 is 1.64. The second-order valence-electron chi connectivity index (χ2n) is 7.11. The molecule has 154 valence electrons. The number of nitrogens with one attached hydrogen (secondary N) is 1.